The smallest absolute Gasteiger partial charge is 0.260 e. The molecule has 2 aromatic carbocycles. The predicted molar refractivity (Wildman–Crippen MR) is 152 cm³/mol. The third kappa shape index (κ3) is 6.07. The second-order valence-corrected chi connectivity index (χ2v) is 10.6. The summed E-state index contributed by atoms with van der Waals surface area (Å²) in [6.07, 6.45) is 7.96. The first kappa shape index (κ1) is 26.0. The Hall–Kier alpha value is -3.65. The Bertz CT molecular complexity index is 1310. The first-order valence-corrected chi connectivity index (χ1v) is 14.2. The van der Waals surface area contributed by atoms with E-state index >= 15 is 0 Å². The Kier molecular flexibility index (Phi) is 8.38. The zero-order valence-electron chi connectivity index (χ0n) is 21.7. The molecule has 0 unspecified atom stereocenters. The standard InChI is InChI=1S/C30H33N3O4S/c1-2-36-25-18-21(14-15-24(25)37-20-27(34)33-16-8-9-17-33)19-31-30-28(23-12-6-7-13-26(23)38-30)29(35)32-22-10-4-3-5-11-22/h3-5,10-11,14-15,18-19H,2,6-9,12-13,16-17,20H2,1H3,(H,32,35). The van der Waals surface area contributed by atoms with Crippen LogP contribution in [0.4, 0.5) is 10.7 Å². The van der Waals surface area contributed by atoms with Gasteiger partial charge >= 0.3 is 0 Å². The van der Waals surface area contributed by atoms with Crippen molar-refractivity contribution in [2.24, 2.45) is 4.99 Å². The van der Waals surface area contributed by atoms with Crippen LogP contribution in [0.5, 0.6) is 11.5 Å². The van der Waals surface area contributed by atoms with E-state index in [1.807, 2.05) is 60.4 Å². The van der Waals surface area contributed by atoms with E-state index < -0.39 is 0 Å². The maximum Gasteiger partial charge on any atom is 0.260 e. The SMILES string of the molecule is CCOc1cc(C=Nc2sc3c(c2C(=O)Nc2ccccc2)CCCC3)ccc1OCC(=O)N1CCCC1. The van der Waals surface area contributed by atoms with E-state index in [9.17, 15) is 9.59 Å². The molecule has 0 atom stereocenters. The highest BCUT2D eigenvalue weighted by molar-refractivity contribution is 7.16. The van der Waals surface area contributed by atoms with E-state index in [4.69, 9.17) is 14.5 Å². The monoisotopic (exact) mass is 531 g/mol. The molecule has 1 fully saturated rings. The summed E-state index contributed by atoms with van der Waals surface area (Å²) in [6.45, 7) is 3.97. The third-order valence-electron chi connectivity index (χ3n) is 6.82. The Balaban J connectivity index is 1.36. The molecular formula is C30H33N3O4S. The molecule has 2 heterocycles. The highest BCUT2D eigenvalue weighted by Gasteiger charge is 2.25. The Morgan fingerprint density at radius 1 is 1.00 bits per heavy atom. The minimum absolute atomic E-state index is 0.00133. The zero-order chi connectivity index (χ0) is 26.3. The molecule has 198 valence electrons. The van der Waals surface area contributed by atoms with Gasteiger partial charge in [-0.2, -0.15) is 0 Å². The lowest BCUT2D eigenvalue weighted by Crippen LogP contribution is -2.32. The second-order valence-electron chi connectivity index (χ2n) is 9.49. The van der Waals surface area contributed by atoms with Crippen molar-refractivity contribution in [2.75, 3.05) is 31.6 Å². The maximum absolute atomic E-state index is 13.3. The minimum Gasteiger partial charge on any atom is -0.490 e. The largest absolute Gasteiger partial charge is 0.490 e. The van der Waals surface area contributed by atoms with Gasteiger partial charge in [0.1, 0.15) is 5.00 Å². The van der Waals surface area contributed by atoms with Crippen molar-refractivity contribution in [1.29, 1.82) is 0 Å². The van der Waals surface area contributed by atoms with E-state index in [1.165, 1.54) is 4.88 Å². The molecule has 38 heavy (non-hydrogen) atoms. The molecule has 1 aliphatic heterocycles. The molecule has 1 saturated heterocycles. The van der Waals surface area contributed by atoms with Crippen molar-refractivity contribution in [3.05, 3.63) is 70.1 Å². The van der Waals surface area contributed by atoms with Crippen molar-refractivity contribution < 1.29 is 19.1 Å². The number of ether oxygens (including phenoxy) is 2. The number of likely N-dealkylation sites (tertiary alicyclic amines) is 1. The van der Waals surface area contributed by atoms with Gasteiger partial charge in [0.25, 0.3) is 11.8 Å². The van der Waals surface area contributed by atoms with Crippen LogP contribution in [0, 0.1) is 0 Å². The van der Waals surface area contributed by atoms with Gasteiger partial charge in [0.2, 0.25) is 0 Å². The van der Waals surface area contributed by atoms with E-state index in [-0.39, 0.29) is 18.4 Å². The van der Waals surface area contributed by atoms with Crippen LogP contribution in [-0.2, 0) is 17.6 Å². The molecule has 0 saturated carbocycles. The number of carbonyl (C=O) groups excluding carboxylic acids is 2. The van der Waals surface area contributed by atoms with Crippen LogP contribution in [0.2, 0.25) is 0 Å². The number of rotatable bonds is 9. The fourth-order valence-electron chi connectivity index (χ4n) is 4.91. The van der Waals surface area contributed by atoms with Crippen LogP contribution in [0.25, 0.3) is 0 Å². The lowest BCUT2D eigenvalue weighted by atomic mass is 9.95. The second kappa shape index (κ2) is 12.3. The van der Waals surface area contributed by atoms with E-state index in [1.54, 1.807) is 17.6 Å². The number of aliphatic imine (C=N–C) groups is 1. The number of para-hydroxylation sites is 1. The Morgan fingerprint density at radius 3 is 2.58 bits per heavy atom. The summed E-state index contributed by atoms with van der Waals surface area (Å²) in [4.78, 5) is 33.6. The highest BCUT2D eigenvalue weighted by Crippen LogP contribution is 2.40. The molecule has 1 aromatic heterocycles. The fraction of sp³-hybridized carbons (Fsp3) is 0.367. The maximum atomic E-state index is 13.3. The quantitative estimate of drug-likeness (QED) is 0.342. The van der Waals surface area contributed by atoms with Crippen LogP contribution >= 0.6 is 11.3 Å². The van der Waals surface area contributed by atoms with Gasteiger partial charge in [0.15, 0.2) is 18.1 Å². The van der Waals surface area contributed by atoms with E-state index in [2.05, 4.69) is 5.32 Å². The molecule has 8 heteroatoms. The van der Waals surface area contributed by atoms with Crippen molar-refractivity contribution in [3.8, 4) is 11.5 Å². The Labute approximate surface area is 227 Å². The van der Waals surface area contributed by atoms with Crippen molar-refractivity contribution in [2.45, 2.75) is 45.4 Å². The van der Waals surface area contributed by atoms with Crippen LogP contribution in [0.15, 0.2) is 53.5 Å². The highest BCUT2D eigenvalue weighted by atomic mass is 32.1. The van der Waals surface area contributed by atoms with E-state index in [0.717, 1.165) is 73.4 Å². The summed E-state index contributed by atoms with van der Waals surface area (Å²) in [6, 6.07) is 15.1. The van der Waals surface area contributed by atoms with Gasteiger partial charge < -0.3 is 19.7 Å². The molecule has 2 amide bonds. The molecule has 2 aliphatic rings. The van der Waals surface area contributed by atoms with Crippen molar-refractivity contribution >= 4 is 40.1 Å². The third-order valence-corrected chi connectivity index (χ3v) is 8.02. The molecule has 0 bridgehead atoms. The first-order valence-electron chi connectivity index (χ1n) is 13.3. The molecule has 1 aliphatic carbocycles. The van der Waals surface area contributed by atoms with Crippen LogP contribution < -0.4 is 14.8 Å². The zero-order valence-corrected chi connectivity index (χ0v) is 22.5. The minimum atomic E-state index is -0.121. The molecule has 3 aromatic rings. The summed E-state index contributed by atoms with van der Waals surface area (Å²) in [5.41, 5.74) is 3.40. The number of nitrogens with zero attached hydrogens (tertiary/aromatic N) is 2. The number of benzene rings is 2. The normalized spacial score (nSPS) is 14.9. The average molecular weight is 532 g/mol. The number of hydrogen-bond donors (Lipinski definition) is 1. The number of anilines is 1. The number of amides is 2. The molecular weight excluding hydrogens is 498 g/mol. The molecule has 0 radical (unpaired) electrons. The lowest BCUT2D eigenvalue weighted by Gasteiger charge is -2.17. The van der Waals surface area contributed by atoms with Gasteiger partial charge in [-0.05, 0) is 86.9 Å². The van der Waals surface area contributed by atoms with Gasteiger partial charge in [-0.15, -0.1) is 11.3 Å². The van der Waals surface area contributed by atoms with Crippen LogP contribution in [0.1, 0.15) is 59.0 Å². The van der Waals surface area contributed by atoms with Gasteiger partial charge in [0.05, 0.1) is 12.2 Å². The number of aryl methyl sites for hydroxylation is 1. The number of fused-ring (bicyclic) bond motifs is 1. The first-order chi connectivity index (χ1) is 18.6. The van der Waals surface area contributed by atoms with Crippen molar-refractivity contribution in [1.82, 2.24) is 4.90 Å². The topological polar surface area (TPSA) is 80.2 Å². The van der Waals surface area contributed by atoms with Gasteiger partial charge in [-0.3, -0.25) is 9.59 Å². The van der Waals surface area contributed by atoms with Gasteiger partial charge in [0, 0.05) is 29.9 Å². The number of hydrogen-bond acceptors (Lipinski definition) is 6. The lowest BCUT2D eigenvalue weighted by molar-refractivity contribution is -0.132. The average Bonchev–Trinajstić information content (AvgIpc) is 3.60. The van der Waals surface area contributed by atoms with Crippen molar-refractivity contribution in [3.63, 3.8) is 0 Å². The summed E-state index contributed by atoms with van der Waals surface area (Å²) in [7, 11) is 0. The number of carbonyl (C=O) groups is 2. The van der Waals surface area contributed by atoms with E-state index in [0.29, 0.717) is 23.7 Å². The number of nitrogens with one attached hydrogen (secondary N) is 1. The summed E-state index contributed by atoms with van der Waals surface area (Å²) < 4.78 is 11.6. The van der Waals surface area contributed by atoms with Gasteiger partial charge in [-0.25, -0.2) is 4.99 Å². The molecule has 7 nitrogen and oxygen atoms in total. The summed E-state index contributed by atoms with van der Waals surface area (Å²) in [5.74, 6) is 0.979. The summed E-state index contributed by atoms with van der Waals surface area (Å²) in [5, 5.41) is 3.76. The molecule has 1 N–H and O–H groups in total. The van der Waals surface area contributed by atoms with Gasteiger partial charge in [-0.1, -0.05) is 18.2 Å². The fourth-order valence-corrected chi connectivity index (χ4v) is 6.15. The summed E-state index contributed by atoms with van der Waals surface area (Å²) >= 11 is 1.60. The van der Waals surface area contributed by atoms with Crippen LogP contribution in [-0.4, -0.2) is 49.2 Å². The number of thiophene rings is 1. The molecule has 0 spiro atoms. The Morgan fingerprint density at radius 2 is 1.79 bits per heavy atom. The van der Waals surface area contributed by atoms with Crippen LogP contribution in [0.3, 0.4) is 0 Å². The molecule has 5 rings (SSSR count). The predicted octanol–water partition coefficient (Wildman–Crippen LogP) is 6.03.